The molecule has 1 fully saturated rings. The summed E-state index contributed by atoms with van der Waals surface area (Å²) >= 11 is 5.07. The Morgan fingerprint density at radius 1 is 0.840 bits per heavy atom. The van der Waals surface area contributed by atoms with E-state index >= 15 is 0 Å². The summed E-state index contributed by atoms with van der Waals surface area (Å²) in [6, 6.07) is 25.5. The third-order valence-electron chi connectivity index (χ3n) is 8.47. The number of phenols is 1. The van der Waals surface area contributed by atoms with Crippen LogP contribution in [0.3, 0.4) is 0 Å². The van der Waals surface area contributed by atoms with Gasteiger partial charge in [0.25, 0.3) is 5.91 Å². The van der Waals surface area contributed by atoms with E-state index < -0.39 is 11.9 Å². The Bertz CT molecular complexity index is 2050. The number of nitrogens with zero attached hydrogens (tertiary/aromatic N) is 1. The van der Waals surface area contributed by atoms with Gasteiger partial charge in [-0.3, -0.25) is 19.7 Å². The second-order valence-corrected chi connectivity index (χ2v) is 13.9. The van der Waals surface area contributed by atoms with Crippen molar-refractivity contribution in [2.75, 3.05) is 26.4 Å². The number of hydrogen-bond acceptors (Lipinski definition) is 9. The number of phenolic OH excluding ortho intramolecular Hbond substituents is 1. The molecule has 256 valence electrons. The van der Waals surface area contributed by atoms with Crippen molar-refractivity contribution in [2.24, 2.45) is 0 Å². The molecule has 1 aromatic heterocycles. The Balaban J connectivity index is 0.841. The van der Waals surface area contributed by atoms with Crippen LogP contribution in [-0.2, 0) is 20.9 Å². The Morgan fingerprint density at radius 3 is 2.40 bits per heavy atom. The number of thiophene rings is 1. The minimum absolute atomic E-state index is 0.207. The molecule has 4 aromatic carbocycles. The van der Waals surface area contributed by atoms with Crippen molar-refractivity contribution >= 4 is 55.1 Å². The summed E-state index contributed by atoms with van der Waals surface area (Å²) in [4.78, 5) is 39.1. The van der Waals surface area contributed by atoms with Gasteiger partial charge in [0.15, 0.2) is 5.75 Å². The maximum Gasteiger partial charge on any atom is 0.255 e. The number of nitrogens with one attached hydrogen (secondary N) is 1. The standard InChI is InChI=1S/C38H33BrN2O8S/c39-25-4-2-23(3-5-25)36-35(31-12-6-26(42)21-33(31)50-36)49-28-9-7-27(8-10-28)48-19-18-46-16-1-17-47-29-11-13-30-24(20-29)22-41(38(30)45)32-14-15-34(43)40-37(32)44/h2-13,20-21,32,42H,1,14-19,22H2,(H,40,43,44). The summed E-state index contributed by atoms with van der Waals surface area (Å²) in [6.07, 6.45) is 1.22. The molecule has 1 saturated heterocycles. The van der Waals surface area contributed by atoms with Crippen molar-refractivity contribution in [3.63, 3.8) is 0 Å². The average molecular weight is 758 g/mol. The van der Waals surface area contributed by atoms with E-state index in [1.807, 2.05) is 60.7 Å². The minimum Gasteiger partial charge on any atom is -0.508 e. The van der Waals surface area contributed by atoms with Gasteiger partial charge in [0.2, 0.25) is 11.8 Å². The van der Waals surface area contributed by atoms with Crippen LogP contribution < -0.4 is 19.5 Å². The topological polar surface area (TPSA) is 124 Å². The largest absolute Gasteiger partial charge is 0.508 e. The van der Waals surface area contributed by atoms with Crippen LogP contribution in [0.1, 0.15) is 35.2 Å². The maximum atomic E-state index is 12.9. The third kappa shape index (κ3) is 7.47. The van der Waals surface area contributed by atoms with Gasteiger partial charge in [-0.05, 0) is 90.3 Å². The fraction of sp³-hybridized carbons (Fsp3) is 0.237. The van der Waals surface area contributed by atoms with Crippen molar-refractivity contribution in [2.45, 2.75) is 31.8 Å². The van der Waals surface area contributed by atoms with E-state index in [0.29, 0.717) is 68.6 Å². The van der Waals surface area contributed by atoms with E-state index in [9.17, 15) is 19.5 Å². The van der Waals surface area contributed by atoms with E-state index in [1.165, 1.54) is 4.90 Å². The van der Waals surface area contributed by atoms with Crippen LogP contribution in [0, 0.1) is 0 Å². The molecule has 0 radical (unpaired) electrons. The molecule has 0 bridgehead atoms. The molecule has 0 aliphatic carbocycles. The highest BCUT2D eigenvalue weighted by atomic mass is 79.9. The van der Waals surface area contributed by atoms with Crippen LogP contribution in [0.4, 0.5) is 0 Å². The van der Waals surface area contributed by atoms with Crippen LogP contribution in [0.2, 0.25) is 0 Å². The number of ether oxygens (including phenoxy) is 4. The first-order valence-corrected chi connectivity index (χ1v) is 17.8. The summed E-state index contributed by atoms with van der Waals surface area (Å²) < 4.78 is 25.8. The summed E-state index contributed by atoms with van der Waals surface area (Å²) in [6.45, 7) is 2.05. The fourth-order valence-electron chi connectivity index (χ4n) is 5.99. The molecule has 2 aliphatic rings. The van der Waals surface area contributed by atoms with Crippen molar-refractivity contribution < 1.29 is 38.4 Å². The van der Waals surface area contributed by atoms with Gasteiger partial charge in [0, 0.05) is 46.1 Å². The molecule has 0 saturated carbocycles. The summed E-state index contributed by atoms with van der Waals surface area (Å²) in [5.74, 6) is 2.02. The number of fused-ring (bicyclic) bond motifs is 2. The van der Waals surface area contributed by atoms with E-state index in [0.717, 1.165) is 36.3 Å². The number of imide groups is 1. The highest BCUT2D eigenvalue weighted by molar-refractivity contribution is 9.10. The Kier molecular flexibility index (Phi) is 10.0. The molecule has 1 unspecified atom stereocenters. The molecule has 12 heteroatoms. The highest BCUT2D eigenvalue weighted by Crippen LogP contribution is 2.47. The molecular weight excluding hydrogens is 724 g/mol. The van der Waals surface area contributed by atoms with Gasteiger partial charge < -0.3 is 29.0 Å². The van der Waals surface area contributed by atoms with Crippen LogP contribution in [0.5, 0.6) is 28.7 Å². The second kappa shape index (κ2) is 14.9. The van der Waals surface area contributed by atoms with Crippen molar-refractivity contribution in [1.29, 1.82) is 0 Å². The first-order valence-electron chi connectivity index (χ1n) is 16.2. The lowest BCUT2D eigenvalue weighted by Gasteiger charge is -2.29. The number of amides is 3. The van der Waals surface area contributed by atoms with Gasteiger partial charge in [0.05, 0.1) is 18.1 Å². The third-order valence-corrected chi connectivity index (χ3v) is 10.2. The molecule has 5 aromatic rings. The molecule has 7 rings (SSSR count). The predicted molar refractivity (Wildman–Crippen MR) is 192 cm³/mol. The summed E-state index contributed by atoms with van der Waals surface area (Å²) in [5, 5.41) is 13.3. The van der Waals surface area contributed by atoms with Gasteiger partial charge in [-0.2, -0.15) is 0 Å². The summed E-state index contributed by atoms with van der Waals surface area (Å²) in [5.41, 5.74) is 2.38. The Hall–Kier alpha value is -4.91. The van der Waals surface area contributed by atoms with Crippen molar-refractivity contribution in [3.8, 4) is 39.2 Å². The number of hydrogen-bond donors (Lipinski definition) is 2. The maximum absolute atomic E-state index is 12.9. The smallest absolute Gasteiger partial charge is 0.255 e. The number of aromatic hydroxyl groups is 1. The van der Waals surface area contributed by atoms with Gasteiger partial charge in [-0.1, -0.05) is 28.1 Å². The minimum atomic E-state index is -0.640. The Labute approximate surface area is 300 Å². The number of halogens is 1. The monoisotopic (exact) mass is 756 g/mol. The van der Waals surface area contributed by atoms with Crippen molar-refractivity contribution in [1.82, 2.24) is 10.2 Å². The summed E-state index contributed by atoms with van der Waals surface area (Å²) in [7, 11) is 0. The highest BCUT2D eigenvalue weighted by Gasteiger charge is 2.39. The molecule has 3 amide bonds. The second-order valence-electron chi connectivity index (χ2n) is 11.9. The van der Waals surface area contributed by atoms with E-state index in [1.54, 1.807) is 35.6 Å². The average Bonchev–Trinajstić information content (AvgIpc) is 3.63. The lowest BCUT2D eigenvalue weighted by atomic mass is 10.0. The molecule has 2 aliphatic heterocycles. The van der Waals surface area contributed by atoms with Gasteiger partial charge in [-0.25, -0.2) is 0 Å². The predicted octanol–water partition coefficient (Wildman–Crippen LogP) is 7.45. The number of carbonyl (C=O) groups is 3. The zero-order valence-corrected chi connectivity index (χ0v) is 29.3. The van der Waals surface area contributed by atoms with Crippen LogP contribution in [0.25, 0.3) is 20.5 Å². The number of benzene rings is 4. The van der Waals surface area contributed by atoms with E-state index in [2.05, 4.69) is 21.2 Å². The van der Waals surface area contributed by atoms with Gasteiger partial charge in [0.1, 0.15) is 35.6 Å². The fourth-order valence-corrected chi connectivity index (χ4v) is 7.42. The first kappa shape index (κ1) is 33.6. The molecule has 50 heavy (non-hydrogen) atoms. The first-order chi connectivity index (χ1) is 24.3. The quantitative estimate of drug-likeness (QED) is 0.0938. The molecule has 10 nitrogen and oxygen atoms in total. The number of carbonyl (C=O) groups excluding carboxylic acids is 3. The molecule has 3 heterocycles. The van der Waals surface area contributed by atoms with Crippen molar-refractivity contribution in [3.05, 3.63) is 101 Å². The van der Waals surface area contributed by atoms with Gasteiger partial charge >= 0.3 is 0 Å². The van der Waals surface area contributed by atoms with E-state index in [4.69, 9.17) is 18.9 Å². The molecule has 2 N–H and O–H groups in total. The van der Waals surface area contributed by atoms with Crippen LogP contribution >= 0.6 is 27.3 Å². The molecule has 0 spiro atoms. The lowest BCUT2D eigenvalue weighted by molar-refractivity contribution is -0.136. The van der Waals surface area contributed by atoms with Gasteiger partial charge in [-0.15, -0.1) is 11.3 Å². The SMILES string of the molecule is O=C1CCC(N2Cc3cc(OCCCOCCOc4ccc(Oc5c(-c6ccc(Br)cc6)sc6cc(O)ccc56)cc4)ccc3C2=O)C(=O)N1. The normalized spacial score (nSPS) is 15.7. The van der Waals surface area contributed by atoms with Crippen LogP contribution in [-0.4, -0.2) is 60.2 Å². The number of piperidine rings is 1. The lowest BCUT2D eigenvalue weighted by Crippen LogP contribution is -2.52. The van der Waals surface area contributed by atoms with E-state index in [-0.39, 0.29) is 24.0 Å². The molecule has 1 atom stereocenters. The Morgan fingerprint density at radius 2 is 1.60 bits per heavy atom. The zero-order chi connectivity index (χ0) is 34.6. The number of rotatable bonds is 13. The molecular formula is C38H33BrN2O8S. The van der Waals surface area contributed by atoms with Crippen LogP contribution in [0.15, 0.2) is 89.4 Å². The zero-order valence-electron chi connectivity index (χ0n) is 26.9.